The van der Waals surface area contributed by atoms with E-state index in [4.69, 9.17) is 21.1 Å². The molecule has 2 fully saturated rings. The van der Waals surface area contributed by atoms with Gasteiger partial charge < -0.3 is 14.4 Å². The second kappa shape index (κ2) is 10.2. The molecule has 0 amide bonds. The Hall–Kier alpha value is -1.76. The molecular weight excluding hydrogens is 451 g/mol. The molecule has 0 bridgehead atoms. The van der Waals surface area contributed by atoms with Crippen LogP contribution in [0, 0.1) is 5.92 Å². The van der Waals surface area contributed by atoms with Crippen LogP contribution in [0.15, 0.2) is 48.5 Å². The number of nitrogens with zero attached hydrogens (tertiary/aromatic N) is 1. The zero-order chi connectivity index (χ0) is 23.5. The smallest absolute Gasteiger partial charge is 0.416 e. The maximum atomic E-state index is 12.7. The number of benzene rings is 2. The first kappa shape index (κ1) is 24.4. The predicted molar refractivity (Wildman–Crippen MR) is 124 cm³/mol. The highest BCUT2D eigenvalue weighted by Gasteiger charge is 2.46. The van der Waals surface area contributed by atoms with Crippen LogP contribution >= 0.6 is 11.6 Å². The zero-order valence-electron chi connectivity index (χ0n) is 18.9. The predicted octanol–water partition coefficient (Wildman–Crippen LogP) is 6.59. The summed E-state index contributed by atoms with van der Waals surface area (Å²) in [4.78, 5) is 2.45. The van der Waals surface area contributed by atoms with Crippen molar-refractivity contribution in [1.29, 1.82) is 0 Å². The molecule has 1 heterocycles. The molecule has 2 aliphatic rings. The number of likely N-dealkylation sites (tertiary alicyclic amines) is 1. The van der Waals surface area contributed by atoms with Crippen LogP contribution in [0.4, 0.5) is 13.2 Å². The van der Waals surface area contributed by atoms with Gasteiger partial charge >= 0.3 is 6.18 Å². The molecule has 0 N–H and O–H groups in total. The van der Waals surface area contributed by atoms with Gasteiger partial charge in [-0.2, -0.15) is 13.2 Å². The standard InChI is InChI=1S/C26H31ClF3NO2/c1-32-24(25(13-3-14-25)20-5-9-22(27)10-6-20)17-31-15-2-4-19(16-31)18-33-23-11-7-21(8-12-23)26(28,29)30/h5-12,19,24H,2-4,13-18H2,1H3/t19-,24-/m0/s1. The van der Waals surface area contributed by atoms with Gasteiger partial charge in [0, 0.05) is 36.6 Å². The Kier molecular flexibility index (Phi) is 7.56. The van der Waals surface area contributed by atoms with E-state index in [1.54, 1.807) is 7.11 Å². The van der Waals surface area contributed by atoms with Crippen molar-refractivity contribution in [2.24, 2.45) is 5.92 Å². The van der Waals surface area contributed by atoms with Gasteiger partial charge in [-0.25, -0.2) is 0 Å². The number of piperidine rings is 1. The summed E-state index contributed by atoms with van der Waals surface area (Å²) in [6, 6.07) is 13.1. The summed E-state index contributed by atoms with van der Waals surface area (Å²) in [6.07, 6.45) is 1.32. The molecule has 3 nitrogen and oxygen atoms in total. The van der Waals surface area contributed by atoms with E-state index in [9.17, 15) is 13.2 Å². The Morgan fingerprint density at radius 2 is 1.76 bits per heavy atom. The minimum Gasteiger partial charge on any atom is -0.493 e. The van der Waals surface area contributed by atoms with E-state index in [0.29, 0.717) is 18.3 Å². The number of methoxy groups -OCH3 is 1. The van der Waals surface area contributed by atoms with E-state index in [2.05, 4.69) is 17.0 Å². The number of hydrogen-bond acceptors (Lipinski definition) is 3. The van der Waals surface area contributed by atoms with Gasteiger partial charge in [0.05, 0.1) is 18.3 Å². The summed E-state index contributed by atoms with van der Waals surface area (Å²) >= 11 is 6.11. The highest BCUT2D eigenvalue weighted by atomic mass is 35.5. The van der Waals surface area contributed by atoms with Crippen molar-refractivity contribution in [3.8, 4) is 5.75 Å². The Morgan fingerprint density at radius 3 is 2.33 bits per heavy atom. The van der Waals surface area contributed by atoms with Crippen LogP contribution in [-0.2, 0) is 16.3 Å². The number of alkyl halides is 3. The Bertz CT molecular complexity index is 897. The molecular formula is C26H31ClF3NO2. The molecule has 1 saturated carbocycles. The van der Waals surface area contributed by atoms with Crippen molar-refractivity contribution in [3.63, 3.8) is 0 Å². The van der Waals surface area contributed by atoms with E-state index in [-0.39, 0.29) is 11.5 Å². The lowest BCUT2D eigenvalue weighted by Gasteiger charge is -2.49. The first-order valence-electron chi connectivity index (χ1n) is 11.6. The van der Waals surface area contributed by atoms with Gasteiger partial charge in [0.15, 0.2) is 0 Å². The van der Waals surface area contributed by atoms with Crippen molar-refractivity contribution >= 4 is 11.6 Å². The fourth-order valence-corrected chi connectivity index (χ4v) is 5.38. The molecule has 2 atom stereocenters. The molecule has 1 saturated heterocycles. The van der Waals surface area contributed by atoms with Crippen molar-refractivity contribution in [2.45, 2.75) is 49.8 Å². The molecule has 0 radical (unpaired) electrons. The van der Waals surface area contributed by atoms with Gasteiger partial charge in [0.2, 0.25) is 0 Å². The highest BCUT2D eigenvalue weighted by Crippen LogP contribution is 2.48. The average molecular weight is 482 g/mol. The van der Waals surface area contributed by atoms with Crippen molar-refractivity contribution < 1.29 is 22.6 Å². The molecule has 2 aromatic rings. The molecule has 180 valence electrons. The van der Waals surface area contributed by atoms with Crippen LogP contribution in [0.1, 0.15) is 43.2 Å². The summed E-state index contributed by atoms with van der Waals surface area (Å²) in [5, 5.41) is 0.745. The van der Waals surface area contributed by atoms with Crippen LogP contribution in [0.5, 0.6) is 5.75 Å². The van der Waals surface area contributed by atoms with E-state index in [1.807, 2.05) is 12.1 Å². The van der Waals surface area contributed by atoms with Crippen LogP contribution in [0.3, 0.4) is 0 Å². The quantitative estimate of drug-likeness (QED) is 0.424. The van der Waals surface area contributed by atoms with Gasteiger partial charge in [0.25, 0.3) is 0 Å². The Labute approximate surface area is 198 Å². The van der Waals surface area contributed by atoms with Crippen LogP contribution < -0.4 is 4.74 Å². The number of hydrogen-bond donors (Lipinski definition) is 0. The zero-order valence-corrected chi connectivity index (χ0v) is 19.7. The maximum Gasteiger partial charge on any atom is 0.416 e. The fourth-order valence-electron chi connectivity index (χ4n) is 5.25. The summed E-state index contributed by atoms with van der Waals surface area (Å²) in [7, 11) is 1.80. The minimum atomic E-state index is -4.33. The number of ether oxygens (including phenoxy) is 2. The second-order valence-corrected chi connectivity index (χ2v) is 9.78. The van der Waals surface area contributed by atoms with Crippen LogP contribution in [0.25, 0.3) is 0 Å². The molecule has 7 heteroatoms. The fraction of sp³-hybridized carbons (Fsp3) is 0.538. The largest absolute Gasteiger partial charge is 0.493 e. The molecule has 33 heavy (non-hydrogen) atoms. The Morgan fingerprint density at radius 1 is 1.06 bits per heavy atom. The molecule has 1 aliphatic heterocycles. The van der Waals surface area contributed by atoms with Gasteiger partial charge in [0.1, 0.15) is 5.75 Å². The van der Waals surface area contributed by atoms with Gasteiger partial charge in [-0.15, -0.1) is 0 Å². The van der Waals surface area contributed by atoms with Gasteiger partial charge in [-0.05, 0) is 74.2 Å². The lowest BCUT2D eigenvalue weighted by Crippen LogP contribution is -2.53. The van der Waals surface area contributed by atoms with E-state index < -0.39 is 11.7 Å². The highest BCUT2D eigenvalue weighted by molar-refractivity contribution is 6.30. The van der Waals surface area contributed by atoms with Crippen molar-refractivity contribution in [1.82, 2.24) is 4.90 Å². The molecule has 4 rings (SSSR count). The van der Waals surface area contributed by atoms with Crippen LogP contribution in [0.2, 0.25) is 5.02 Å². The first-order chi connectivity index (χ1) is 15.8. The van der Waals surface area contributed by atoms with Crippen molar-refractivity contribution in [2.75, 3.05) is 33.4 Å². The maximum absolute atomic E-state index is 12.7. The molecule has 0 aromatic heterocycles. The summed E-state index contributed by atoms with van der Waals surface area (Å²) < 4.78 is 50.1. The average Bonchev–Trinajstić information content (AvgIpc) is 2.77. The first-order valence-corrected chi connectivity index (χ1v) is 12.0. The van der Waals surface area contributed by atoms with E-state index in [1.165, 1.54) is 24.1 Å². The van der Waals surface area contributed by atoms with Crippen LogP contribution in [-0.4, -0.2) is 44.4 Å². The van der Waals surface area contributed by atoms with Gasteiger partial charge in [-0.1, -0.05) is 30.2 Å². The lowest BCUT2D eigenvalue weighted by molar-refractivity contribution is -0.137. The lowest BCUT2D eigenvalue weighted by atomic mass is 9.61. The third kappa shape index (κ3) is 5.67. The SMILES string of the molecule is CO[C@@H](CN1CCC[C@H](COc2ccc(C(F)(F)F)cc2)C1)C1(c2ccc(Cl)cc2)CCC1. The monoisotopic (exact) mass is 481 g/mol. The normalized spacial score (nSPS) is 21.9. The molecule has 0 unspecified atom stereocenters. The minimum absolute atomic E-state index is 0.0308. The third-order valence-corrected chi connectivity index (χ3v) is 7.51. The van der Waals surface area contributed by atoms with Gasteiger partial charge in [-0.3, -0.25) is 0 Å². The summed E-state index contributed by atoms with van der Waals surface area (Å²) in [5.41, 5.74) is 0.669. The second-order valence-electron chi connectivity index (χ2n) is 9.34. The molecule has 0 spiro atoms. The van der Waals surface area contributed by atoms with E-state index in [0.717, 1.165) is 62.5 Å². The van der Waals surface area contributed by atoms with Crippen molar-refractivity contribution in [3.05, 3.63) is 64.7 Å². The topological polar surface area (TPSA) is 21.7 Å². The number of halogens is 4. The van der Waals surface area contributed by atoms with E-state index >= 15 is 0 Å². The third-order valence-electron chi connectivity index (χ3n) is 7.26. The summed E-state index contributed by atoms with van der Waals surface area (Å²) in [5.74, 6) is 0.817. The molecule has 1 aliphatic carbocycles. The number of rotatable bonds is 8. The molecule has 2 aromatic carbocycles. The Balaban J connectivity index is 1.34. The summed E-state index contributed by atoms with van der Waals surface area (Å²) in [6.45, 7) is 3.28.